The zero-order valence-electron chi connectivity index (χ0n) is 17.6. The van der Waals surface area contributed by atoms with Crippen LogP contribution in [0.25, 0.3) is 0 Å². The highest BCUT2D eigenvalue weighted by Gasteiger charge is 2.40. The molecule has 3 aromatic heterocycles. The van der Waals surface area contributed by atoms with Crippen LogP contribution in [0.15, 0.2) is 41.3 Å². The molecular formula is C22H24FN5O3. The summed E-state index contributed by atoms with van der Waals surface area (Å²) >= 11 is 0. The number of rotatable bonds is 8. The molecule has 0 saturated heterocycles. The number of aryl methyl sites for hydroxylation is 2. The van der Waals surface area contributed by atoms with Crippen molar-refractivity contribution in [2.75, 3.05) is 19.0 Å². The third-order valence-corrected chi connectivity index (χ3v) is 5.32. The van der Waals surface area contributed by atoms with Crippen LogP contribution in [0.5, 0.6) is 11.6 Å². The zero-order valence-corrected chi connectivity index (χ0v) is 17.6. The minimum absolute atomic E-state index is 0.280. The lowest BCUT2D eigenvalue weighted by Crippen LogP contribution is -2.24. The van der Waals surface area contributed by atoms with Gasteiger partial charge in [0.25, 0.3) is 5.56 Å². The average Bonchev–Trinajstić information content (AvgIpc) is 3.55. The maximum absolute atomic E-state index is 13.4. The highest BCUT2D eigenvalue weighted by molar-refractivity contribution is 5.43. The molecule has 0 amide bonds. The van der Waals surface area contributed by atoms with Gasteiger partial charge in [-0.1, -0.05) is 0 Å². The number of hydrogen-bond acceptors (Lipinski definition) is 7. The Balaban J connectivity index is 1.37. The van der Waals surface area contributed by atoms with Gasteiger partial charge in [0.15, 0.2) is 0 Å². The van der Waals surface area contributed by atoms with Crippen molar-refractivity contribution in [2.45, 2.75) is 25.8 Å². The number of methoxy groups -OCH3 is 1. The number of ether oxygens (including phenoxy) is 2. The number of nitrogens with zero attached hydrogens (tertiary/aromatic N) is 4. The van der Waals surface area contributed by atoms with Crippen LogP contribution in [0.4, 0.5) is 10.1 Å². The largest absolute Gasteiger partial charge is 0.495 e. The number of halogens is 1. The van der Waals surface area contributed by atoms with Crippen LogP contribution in [-0.4, -0.2) is 33.5 Å². The molecule has 2 unspecified atom stereocenters. The predicted molar refractivity (Wildman–Crippen MR) is 113 cm³/mol. The van der Waals surface area contributed by atoms with Gasteiger partial charge in [-0.05, 0) is 37.6 Å². The Morgan fingerprint density at radius 1 is 1.29 bits per heavy atom. The molecule has 0 aliphatic heterocycles. The van der Waals surface area contributed by atoms with E-state index in [1.807, 2.05) is 12.1 Å². The van der Waals surface area contributed by atoms with Crippen LogP contribution >= 0.6 is 0 Å². The van der Waals surface area contributed by atoms with Crippen molar-refractivity contribution >= 4 is 5.69 Å². The molecular weight excluding hydrogens is 401 g/mol. The number of anilines is 1. The molecule has 3 aromatic rings. The third-order valence-electron chi connectivity index (χ3n) is 5.32. The topological polar surface area (TPSA) is 91.2 Å². The van der Waals surface area contributed by atoms with Crippen molar-refractivity contribution in [1.29, 1.82) is 0 Å². The second-order valence-electron chi connectivity index (χ2n) is 7.58. The Hall–Kier alpha value is -3.49. The number of nitrogens with one attached hydrogen (secondary N) is 1. The molecule has 162 valence electrons. The van der Waals surface area contributed by atoms with Gasteiger partial charge in [0, 0.05) is 30.6 Å². The molecule has 9 heteroatoms. The maximum atomic E-state index is 13.4. The molecule has 0 aromatic carbocycles. The van der Waals surface area contributed by atoms with E-state index >= 15 is 0 Å². The minimum Gasteiger partial charge on any atom is -0.495 e. The van der Waals surface area contributed by atoms with Crippen molar-refractivity contribution in [3.8, 4) is 11.6 Å². The Labute approximate surface area is 179 Å². The lowest BCUT2D eigenvalue weighted by molar-refractivity contribution is 0.278. The van der Waals surface area contributed by atoms with E-state index in [-0.39, 0.29) is 17.9 Å². The molecule has 0 spiro atoms. The van der Waals surface area contributed by atoms with Gasteiger partial charge < -0.3 is 14.8 Å². The zero-order chi connectivity index (χ0) is 22.0. The normalized spacial score (nSPS) is 17.3. The second-order valence-corrected chi connectivity index (χ2v) is 7.58. The Morgan fingerprint density at radius 3 is 2.84 bits per heavy atom. The summed E-state index contributed by atoms with van der Waals surface area (Å²) in [5.41, 5.74) is 2.04. The summed E-state index contributed by atoms with van der Waals surface area (Å²) in [5.74, 6) is 1.44. The van der Waals surface area contributed by atoms with Crippen LogP contribution in [0, 0.1) is 18.7 Å². The summed E-state index contributed by atoms with van der Waals surface area (Å²) in [7, 11) is 3.19. The van der Waals surface area contributed by atoms with Gasteiger partial charge in [0.05, 0.1) is 37.8 Å². The monoisotopic (exact) mass is 425 g/mol. The highest BCUT2D eigenvalue weighted by Crippen LogP contribution is 2.46. The molecule has 1 saturated carbocycles. The summed E-state index contributed by atoms with van der Waals surface area (Å²) in [6, 6.07) is 8.41. The predicted octanol–water partition coefficient (Wildman–Crippen LogP) is 2.82. The molecule has 1 aliphatic rings. The van der Waals surface area contributed by atoms with E-state index in [9.17, 15) is 9.18 Å². The van der Waals surface area contributed by atoms with E-state index in [4.69, 9.17) is 9.47 Å². The van der Waals surface area contributed by atoms with Crippen LogP contribution < -0.4 is 20.3 Å². The quantitative estimate of drug-likeness (QED) is 0.593. The first-order chi connectivity index (χ1) is 14.9. The molecule has 0 bridgehead atoms. The number of hydrogen-bond donors (Lipinski definition) is 1. The summed E-state index contributed by atoms with van der Waals surface area (Å²) in [6.07, 6.45) is 2.71. The fourth-order valence-electron chi connectivity index (χ4n) is 3.38. The van der Waals surface area contributed by atoms with Crippen molar-refractivity contribution in [1.82, 2.24) is 19.7 Å². The first kappa shape index (κ1) is 20.8. The van der Waals surface area contributed by atoms with Crippen molar-refractivity contribution < 1.29 is 13.9 Å². The van der Waals surface area contributed by atoms with Gasteiger partial charge in [-0.15, -0.1) is 5.10 Å². The fourth-order valence-corrected chi connectivity index (χ4v) is 3.38. The van der Waals surface area contributed by atoms with Crippen molar-refractivity contribution in [2.24, 2.45) is 13.0 Å². The van der Waals surface area contributed by atoms with Crippen LogP contribution in [0.2, 0.25) is 0 Å². The average molecular weight is 425 g/mol. The fraction of sp³-hybridized carbons (Fsp3) is 0.364. The Bertz CT molecular complexity index is 1130. The van der Waals surface area contributed by atoms with Crippen molar-refractivity contribution in [3.63, 3.8) is 0 Å². The highest BCUT2D eigenvalue weighted by atomic mass is 19.1. The van der Waals surface area contributed by atoms with E-state index in [1.165, 1.54) is 10.7 Å². The van der Waals surface area contributed by atoms with Gasteiger partial charge in [-0.3, -0.25) is 14.8 Å². The van der Waals surface area contributed by atoms with Crippen LogP contribution in [0.1, 0.15) is 29.4 Å². The third kappa shape index (κ3) is 4.82. The number of pyridine rings is 2. The molecule has 1 fully saturated rings. The standard InChI is InChI=1S/C22H24FN5O3/c1-13-18(23)6-4-15(26-13)10-24-20-9-21(27-28(2)22(20)29)31-12-14-8-17(14)19-7-5-16(30-3)11-25-19/h4-7,9,11,14,17,24H,8,10,12H2,1-3H3. The van der Waals surface area contributed by atoms with Crippen LogP contribution in [-0.2, 0) is 13.6 Å². The Kier molecular flexibility index (Phi) is 5.83. The second kappa shape index (κ2) is 8.71. The van der Waals surface area contributed by atoms with Gasteiger partial charge in [0.1, 0.15) is 17.3 Å². The molecule has 4 rings (SSSR count). The van der Waals surface area contributed by atoms with E-state index in [0.29, 0.717) is 41.4 Å². The van der Waals surface area contributed by atoms with Crippen LogP contribution in [0.3, 0.4) is 0 Å². The molecule has 2 atom stereocenters. The van der Waals surface area contributed by atoms with E-state index in [1.54, 1.807) is 39.4 Å². The molecule has 8 nitrogen and oxygen atoms in total. The summed E-state index contributed by atoms with van der Waals surface area (Å²) < 4.78 is 25.6. The molecule has 0 radical (unpaired) electrons. The molecule has 3 heterocycles. The van der Waals surface area contributed by atoms with Crippen molar-refractivity contribution in [3.05, 3.63) is 69.8 Å². The summed E-state index contributed by atoms with van der Waals surface area (Å²) in [5, 5.41) is 7.22. The first-order valence-electron chi connectivity index (χ1n) is 10.0. The molecule has 1 aliphatic carbocycles. The molecule has 1 N–H and O–H groups in total. The maximum Gasteiger partial charge on any atom is 0.290 e. The lowest BCUT2D eigenvalue weighted by atomic mass is 10.2. The SMILES string of the molecule is COc1ccc(C2CC2COc2cc(NCc3ccc(F)c(C)n3)c(=O)n(C)n2)nc1. The summed E-state index contributed by atoms with van der Waals surface area (Å²) in [4.78, 5) is 21.0. The van der Waals surface area contributed by atoms with E-state index < -0.39 is 0 Å². The van der Waals surface area contributed by atoms with E-state index in [0.717, 1.165) is 17.9 Å². The first-order valence-corrected chi connectivity index (χ1v) is 10.0. The van der Waals surface area contributed by atoms with Gasteiger partial charge in [-0.2, -0.15) is 0 Å². The smallest absolute Gasteiger partial charge is 0.290 e. The minimum atomic E-state index is -0.359. The Morgan fingerprint density at radius 2 is 2.13 bits per heavy atom. The van der Waals surface area contributed by atoms with Gasteiger partial charge in [-0.25, -0.2) is 9.07 Å². The van der Waals surface area contributed by atoms with Gasteiger partial charge >= 0.3 is 0 Å². The molecule has 31 heavy (non-hydrogen) atoms. The lowest BCUT2D eigenvalue weighted by Gasteiger charge is -2.11. The van der Waals surface area contributed by atoms with E-state index in [2.05, 4.69) is 20.4 Å². The van der Waals surface area contributed by atoms with Gasteiger partial charge in [0.2, 0.25) is 5.88 Å². The number of aromatic nitrogens is 4. The summed E-state index contributed by atoms with van der Waals surface area (Å²) in [6.45, 7) is 2.37.